The van der Waals surface area contributed by atoms with Crippen molar-refractivity contribution in [2.45, 2.75) is 38.4 Å². The number of phenolic OH excluding ortho intramolecular Hbond substituents is 1. The summed E-state index contributed by atoms with van der Waals surface area (Å²) in [6.07, 6.45) is 3.37. The molecular weight excluding hydrogens is 454 g/mol. The van der Waals surface area contributed by atoms with Crippen molar-refractivity contribution < 1.29 is 24.5 Å². The van der Waals surface area contributed by atoms with Crippen molar-refractivity contribution in [3.63, 3.8) is 0 Å². The molecule has 6 nitrogen and oxygen atoms in total. The number of carbonyl (C=O) groups excluding carboxylic acids is 1. The van der Waals surface area contributed by atoms with E-state index in [4.69, 9.17) is 9.47 Å². The molecule has 6 heteroatoms. The van der Waals surface area contributed by atoms with Gasteiger partial charge in [-0.25, -0.2) is 0 Å². The van der Waals surface area contributed by atoms with E-state index >= 15 is 0 Å². The van der Waals surface area contributed by atoms with Gasteiger partial charge in [0, 0.05) is 25.0 Å². The fraction of sp³-hybridized carbons (Fsp3) is 0.300. The molecule has 3 atom stereocenters. The number of allylic oxidation sites excluding steroid dienone is 1. The summed E-state index contributed by atoms with van der Waals surface area (Å²) in [4.78, 5) is 13.3. The molecule has 186 valence electrons. The third-order valence-corrected chi connectivity index (χ3v) is 7.03. The van der Waals surface area contributed by atoms with Crippen LogP contribution in [0.15, 0.2) is 78.6 Å². The minimum Gasteiger partial charge on any atom is -0.506 e. The Bertz CT molecular complexity index is 1280. The van der Waals surface area contributed by atoms with Gasteiger partial charge in [0.05, 0.1) is 5.69 Å². The van der Waals surface area contributed by atoms with Gasteiger partial charge in [-0.3, -0.25) is 4.79 Å². The molecule has 0 bridgehead atoms. The van der Waals surface area contributed by atoms with E-state index in [1.54, 1.807) is 18.2 Å². The van der Waals surface area contributed by atoms with Crippen LogP contribution < -0.4 is 5.32 Å². The number of carbonyl (C=O) groups is 1. The number of ether oxygens (including phenoxy) is 2. The number of nitrogens with one attached hydrogen (secondary N) is 1. The van der Waals surface area contributed by atoms with Gasteiger partial charge in [-0.1, -0.05) is 54.6 Å². The summed E-state index contributed by atoms with van der Waals surface area (Å²) in [5, 5.41) is 22.5. The minimum absolute atomic E-state index is 0.0142. The maximum atomic E-state index is 13.3. The summed E-state index contributed by atoms with van der Waals surface area (Å²) in [5.41, 5.74) is 6.48. The SMILES string of the molecule is CCOC1OC(C(=O)Nc2ccccc2O)=CC(c2cccc3c2Cc2ccccc2-3)C1CCCO. The largest absolute Gasteiger partial charge is 0.506 e. The van der Waals surface area contributed by atoms with Crippen molar-refractivity contribution in [1.29, 1.82) is 0 Å². The van der Waals surface area contributed by atoms with E-state index in [-0.39, 0.29) is 30.0 Å². The minimum atomic E-state index is -0.638. The number of aliphatic hydroxyl groups excluding tert-OH is 1. The Balaban J connectivity index is 1.56. The Kier molecular flexibility index (Phi) is 7.07. The number of amides is 1. The number of anilines is 1. The van der Waals surface area contributed by atoms with Crippen molar-refractivity contribution in [2.75, 3.05) is 18.5 Å². The summed E-state index contributed by atoms with van der Waals surface area (Å²) >= 11 is 0. The molecule has 3 unspecified atom stereocenters. The summed E-state index contributed by atoms with van der Waals surface area (Å²) < 4.78 is 12.1. The lowest BCUT2D eigenvalue weighted by Gasteiger charge is -2.37. The highest BCUT2D eigenvalue weighted by Gasteiger charge is 2.39. The molecule has 1 heterocycles. The van der Waals surface area contributed by atoms with E-state index in [1.807, 2.05) is 13.0 Å². The molecule has 0 radical (unpaired) electrons. The molecule has 0 saturated heterocycles. The van der Waals surface area contributed by atoms with Crippen molar-refractivity contribution in [3.05, 3.63) is 95.3 Å². The third kappa shape index (κ3) is 4.62. The van der Waals surface area contributed by atoms with Crippen molar-refractivity contribution in [3.8, 4) is 16.9 Å². The van der Waals surface area contributed by atoms with Crippen molar-refractivity contribution in [1.82, 2.24) is 0 Å². The summed E-state index contributed by atoms with van der Waals surface area (Å²) in [5.74, 6) is -0.511. The number of aromatic hydroxyl groups is 1. The first-order valence-corrected chi connectivity index (χ1v) is 12.5. The summed E-state index contributed by atoms with van der Waals surface area (Å²) in [7, 11) is 0. The second-order valence-corrected chi connectivity index (χ2v) is 9.21. The van der Waals surface area contributed by atoms with E-state index < -0.39 is 12.2 Å². The molecule has 2 aliphatic rings. The normalized spacial score (nSPS) is 20.2. The second-order valence-electron chi connectivity index (χ2n) is 9.21. The number of benzene rings is 3. The summed E-state index contributed by atoms with van der Waals surface area (Å²) in [6, 6.07) is 21.4. The topological polar surface area (TPSA) is 88.0 Å². The Morgan fingerprint density at radius 3 is 2.64 bits per heavy atom. The highest BCUT2D eigenvalue weighted by Crippen LogP contribution is 2.46. The van der Waals surface area contributed by atoms with Crippen LogP contribution in [-0.2, 0) is 20.7 Å². The number of phenols is 1. The number of fused-ring (bicyclic) bond motifs is 3. The van der Waals surface area contributed by atoms with Crippen LogP contribution in [0.1, 0.15) is 42.4 Å². The zero-order chi connectivity index (χ0) is 25.1. The van der Waals surface area contributed by atoms with Crippen molar-refractivity contribution in [2.24, 2.45) is 5.92 Å². The maximum absolute atomic E-state index is 13.3. The molecule has 3 aromatic rings. The molecule has 0 fully saturated rings. The predicted molar refractivity (Wildman–Crippen MR) is 139 cm³/mol. The number of para-hydroxylation sites is 2. The van der Waals surface area contributed by atoms with Gasteiger partial charge >= 0.3 is 0 Å². The first-order chi connectivity index (χ1) is 17.6. The molecule has 36 heavy (non-hydrogen) atoms. The van der Waals surface area contributed by atoms with Crippen LogP contribution in [0, 0.1) is 5.92 Å². The van der Waals surface area contributed by atoms with Gasteiger partial charge < -0.3 is 25.0 Å². The number of rotatable bonds is 8. The monoisotopic (exact) mass is 485 g/mol. The predicted octanol–water partition coefficient (Wildman–Crippen LogP) is 5.35. The van der Waals surface area contributed by atoms with E-state index in [0.29, 0.717) is 25.1 Å². The third-order valence-electron chi connectivity index (χ3n) is 7.03. The zero-order valence-electron chi connectivity index (χ0n) is 20.3. The molecule has 1 aliphatic heterocycles. The van der Waals surface area contributed by atoms with Crippen LogP contribution >= 0.6 is 0 Å². The van der Waals surface area contributed by atoms with Crippen LogP contribution in [-0.4, -0.2) is 35.6 Å². The molecule has 5 rings (SSSR count). The van der Waals surface area contributed by atoms with Gasteiger partial charge in [0.2, 0.25) is 6.29 Å². The fourth-order valence-electron chi connectivity index (χ4n) is 5.38. The Morgan fingerprint density at radius 1 is 1.06 bits per heavy atom. The average molecular weight is 486 g/mol. The molecule has 0 aromatic heterocycles. The van der Waals surface area contributed by atoms with E-state index in [2.05, 4.69) is 47.8 Å². The lowest BCUT2D eigenvalue weighted by Crippen LogP contribution is -2.37. The van der Waals surface area contributed by atoms with Crippen molar-refractivity contribution >= 4 is 11.6 Å². The lowest BCUT2D eigenvalue weighted by atomic mass is 9.78. The molecular formula is C30H31NO5. The smallest absolute Gasteiger partial charge is 0.290 e. The Morgan fingerprint density at radius 2 is 1.83 bits per heavy atom. The van der Waals surface area contributed by atoms with Crippen LogP contribution in [0.4, 0.5) is 5.69 Å². The number of hydrogen-bond acceptors (Lipinski definition) is 5. The molecule has 0 spiro atoms. The molecule has 0 saturated carbocycles. The number of aliphatic hydroxyl groups is 1. The first-order valence-electron chi connectivity index (χ1n) is 12.5. The standard InChI is InChI=1S/C30H31NO5/c1-2-35-30-23(13-8-16-32)25(18-28(36-30)29(34)31-26-14-5-6-15-27(26)33)22-12-7-11-21-20-10-4-3-9-19(20)17-24(21)22/h3-7,9-12,14-15,18,23,25,30,32-33H,2,8,13,16-17H2,1H3,(H,31,34). The Labute approximate surface area is 211 Å². The van der Waals surface area contributed by atoms with Crippen LogP contribution in [0.2, 0.25) is 0 Å². The second kappa shape index (κ2) is 10.6. The van der Waals surface area contributed by atoms with E-state index in [9.17, 15) is 15.0 Å². The van der Waals surface area contributed by atoms with Crippen LogP contribution in [0.25, 0.3) is 11.1 Å². The highest BCUT2D eigenvalue weighted by atomic mass is 16.7. The molecule has 3 N–H and O–H groups in total. The van der Waals surface area contributed by atoms with Gasteiger partial charge in [0.15, 0.2) is 5.76 Å². The maximum Gasteiger partial charge on any atom is 0.290 e. The average Bonchev–Trinajstić information content (AvgIpc) is 3.28. The van der Waals surface area contributed by atoms with Gasteiger partial charge in [-0.05, 0) is 72.2 Å². The Hall–Kier alpha value is -3.61. The summed E-state index contributed by atoms with van der Waals surface area (Å²) in [6.45, 7) is 2.41. The van der Waals surface area contributed by atoms with Gasteiger partial charge in [0.1, 0.15) is 5.75 Å². The van der Waals surface area contributed by atoms with Gasteiger partial charge in [-0.15, -0.1) is 0 Å². The van der Waals surface area contributed by atoms with Crippen LogP contribution in [0.5, 0.6) is 5.75 Å². The highest BCUT2D eigenvalue weighted by molar-refractivity contribution is 6.03. The van der Waals surface area contributed by atoms with E-state index in [1.165, 1.54) is 28.3 Å². The van der Waals surface area contributed by atoms with Gasteiger partial charge in [0.25, 0.3) is 5.91 Å². The first kappa shape index (κ1) is 24.1. The lowest BCUT2D eigenvalue weighted by molar-refractivity contribution is -0.165. The van der Waals surface area contributed by atoms with E-state index in [0.717, 1.165) is 12.0 Å². The van der Waals surface area contributed by atoms with Crippen LogP contribution in [0.3, 0.4) is 0 Å². The molecule has 1 amide bonds. The number of hydrogen-bond donors (Lipinski definition) is 3. The molecule has 3 aromatic carbocycles. The zero-order valence-corrected chi connectivity index (χ0v) is 20.3. The quantitative estimate of drug-likeness (QED) is 0.293. The van der Waals surface area contributed by atoms with Gasteiger partial charge in [-0.2, -0.15) is 0 Å². The molecule has 1 aliphatic carbocycles. The fourth-order valence-corrected chi connectivity index (χ4v) is 5.38.